The van der Waals surface area contributed by atoms with Gasteiger partial charge in [0.15, 0.2) is 0 Å². The number of aryl methyl sites for hydroxylation is 1. The van der Waals surface area contributed by atoms with Crippen LogP contribution in [0.15, 0.2) is 15.8 Å². The predicted molar refractivity (Wildman–Crippen MR) is 52.6 cm³/mol. The van der Waals surface area contributed by atoms with Crippen LogP contribution in [0.2, 0.25) is 0 Å². The second-order valence-electron chi connectivity index (χ2n) is 3.42. The SMILES string of the molecule is O=c1[nH]c(=O)n(CCCCO)cc1C(F)(F)F. The molecule has 17 heavy (non-hydrogen) atoms. The number of hydrogen-bond donors (Lipinski definition) is 2. The Morgan fingerprint density at radius 2 is 1.94 bits per heavy atom. The Kier molecular flexibility index (Phi) is 4.11. The van der Waals surface area contributed by atoms with Crippen LogP contribution >= 0.6 is 0 Å². The number of aliphatic hydroxyl groups excluding tert-OH is 1. The Balaban J connectivity index is 3.07. The number of rotatable bonds is 4. The van der Waals surface area contributed by atoms with E-state index in [2.05, 4.69) is 0 Å². The Morgan fingerprint density at radius 1 is 1.29 bits per heavy atom. The van der Waals surface area contributed by atoms with Gasteiger partial charge in [-0.15, -0.1) is 0 Å². The maximum absolute atomic E-state index is 12.4. The summed E-state index contributed by atoms with van der Waals surface area (Å²) >= 11 is 0. The summed E-state index contributed by atoms with van der Waals surface area (Å²) in [5.74, 6) is 0. The molecule has 0 aliphatic rings. The maximum Gasteiger partial charge on any atom is 0.423 e. The van der Waals surface area contributed by atoms with Crippen LogP contribution in [0.4, 0.5) is 13.2 Å². The summed E-state index contributed by atoms with van der Waals surface area (Å²) in [6.07, 6.45) is -3.58. The number of nitrogens with one attached hydrogen (secondary N) is 1. The van der Waals surface area contributed by atoms with E-state index in [9.17, 15) is 22.8 Å². The van der Waals surface area contributed by atoms with Gasteiger partial charge < -0.3 is 5.11 Å². The van der Waals surface area contributed by atoms with Crippen LogP contribution in [0.3, 0.4) is 0 Å². The Bertz CT molecular complexity index is 489. The Morgan fingerprint density at radius 3 is 2.47 bits per heavy atom. The number of H-pyrrole nitrogens is 1. The van der Waals surface area contributed by atoms with Gasteiger partial charge in [0.25, 0.3) is 5.56 Å². The number of hydrogen-bond acceptors (Lipinski definition) is 3. The molecular weight excluding hydrogens is 241 g/mol. The average molecular weight is 252 g/mol. The number of aliphatic hydroxyl groups is 1. The third-order valence-electron chi connectivity index (χ3n) is 2.12. The standard InChI is InChI=1S/C9H11F3N2O3/c10-9(11,12)6-5-14(3-1-2-4-15)8(17)13-7(6)16/h5,15H,1-4H2,(H,13,16,17). The first-order valence-corrected chi connectivity index (χ1v) is 4.88. The zero-order chi connectivity index (χ0) is 13.1. The van der Waals surface area contributed by atoms with E-state index in [-0.39, 0.29) is 13.2 Å². The van der Waals surface area contributed by atoms with E-state index in [1.807, 2.05) is 0 Å². The largest absolute Gasteiger partial charge is 0.423 e. The molecule has 0 aliphatic heterocycles. The molecule has 96 valence electrons. The van der Waals surface area contributed by atoms with Crippen molar-refractivity contribution in [1.29, 1.82) is 0 Å². The lowest BCUT2D eigenvalue weighted by atomic mass is 10.3. The van der Waals surface area contributed by atoms with E-state index in [1.165, 1.54) is 0 Å². The highest BCUT2D eigenvalue weighted by Gasteiger charge is 2.34. The summed E-state index contributed by atoms with van der Waals surface area (Å²) in [7, 11) is 0. The number of halogens is 3. The zero-order valence-corrected chi connectivity index (χ0v) is 8.75. The number of nitrogens with zero attached hydrogens (tertiary/aromatic N) is 1. The molecule has 5 nitrogen and oxygen atoms in total. The smallest absolute Gasteiger partial charge is 0.396 e. The highest BCUT2D eigenvalue weighted by atomic mass is 19.4. The molecule has 0 aromatic carbocycles. The van der Waals surface area contributed by atoms with Gasteiger partial charge in [0, 0.05) is 19.3 Å². The number of unbranched alkanes of at least 4 members (excludes halogenated alkanes) is 1. The summed E-state index contributed by atoms with van der Waals surface area (Å²) in [5.41, 5.74) is -3.73. The quantitative estimate of drug-likeness (QED) is 0.758. The molecule has 0 aliphatic carbocycles. The normalized spacial score (nSPS) is 11.8. The molecule has 1 rings (SSSR count). The second kappa shape index (κ2) is 5.17. The topological polar surface area (TPSA) is 75.1 Å². The third kappa shape index (κ3) is 3.45. The van der Waals surface area contributed by atoms with Crippen LogP contribution in [0.5, 0.6) is 0 Å². The van der Waals surface area contributed by atoms with Crippen molar-refractivity contribution in [2.45, 2.75) is 25.6 Å². The highest BCUT2D eigenvalue weighted by molar-refractivity contribution is 5.08. The summed E-state index contributed by atoms with van der Waals surface area (Å²) in [6, 6.07) is 0. The first-order chi connectivity index (χ1) is 7.86. The fourth-order valence-corrected chi connectivity index (χ4v) is 1.27. The molecule has 0 spiro atoms. The highest BCUT2D eigenvalue weighted by Crippen LogP contribution is 2.25. The van der Waals surface area contributed by atoms with Crippen molar-refractivity contribution in [2.24, 2.45) is 0 Å². The first kappa shape index (κ1) is 13.5. The Hall–Kier alpha value is -1.57. The summed E-state index contributed by atoms with van der Waals surface area (Å²) in [4.78, 5) is 23.7. The average Bonchev–Trinajstić information content (AvgIpc) is 2.19. The van der Waals surface area contributed by atoms with Gasteiger partial charge in [-0.2, -0.15) is 13.2 Å². The van der Waals surface area contributed by atoms with Crippen LogP contribution in [0.25, 0.3) is 0 Å². The second-order valence-corrected chi connectivity index (χ2v) is 3.42. The monoisotopic (exact) mass is 252 g/mol. The van der Waals surface area contributed by atoms with Crippen molar-refractivity contribution in [3.05, 3.63) is 32.6 Å². The molecule has 0 radical (unpaired) electrons. The summed E-state index contributed by atoms with van der Waals surface area (Å²) < 4.78 is 37.9. The van der Waals surface area contributed by atoms with E-state index < -0.39 is 23.0 Å². The van der Waals surface area contributed by atoms with Gasteiger partial charge in [-0.3, -0.25) is 14.3 Å². The van der Waals surface area contributed by atoms with Crippen molar-refractivity contribution in [3.63, 3.8) is 0 Å². The fraction of sp³-hybridized carbons (Fsp3) is 0.556. The lowest BCUT2D eigenvalue weighted by Gasteiger charge is -2.09. The van der Waals surface area contributed by atoms with E-state index in [0.29, 0.717) is 19.0 Å². The molecule has 1 heterocycles. The maximum atomic E-state index is 12.4. The van der Waals surface area contributed by atoms with Gasteiger partial charge in [0.1, 0.15) is 5.56 Å². The van der Waals surface area contributed by atoms with Crippen molar-refractivity contribution < 1.29 is 18.3 Å². The molecule has 1 aromatic heterocycles. The van der Waals surface area contributed by atoms with Crippen molar-refractivity contribution in [2.75, 3.05) is 6.61 Å². The van der Waals surface area contributed by atoms with Crippen molar-refractivity contribution >= 4 is 0 Å². The summed E-state index contributed by atoms with van der Waals surface area (Å²) in [5, 5.41) is 8.52. The molecule has 0 saturated carbocycles. The minimum Gasteiger partial charge on any atom is -0.396 e. The predicted octanol–water partition coefficient (Wildman–Crippen LogP) is 0.328. The van der Waals surface area contributed by atoms with Gasteiger partial charge in [0.05, 0.1) is 0 Å². The molecule has 0 bridgehead atoms. The van der Waals surface area contributed by atoms with Crippen LogP contribution in [0, 0.1) is 0 Å². The van der Waals surface area contributed by atoms with Gasteiger partial charge in [0.2, 0.25) is 0 Å². The minimum absolute atomic E-state index is 0.0131. The van der Waals surface area contributed by atoms with Gasteiger partial charge in [-0.1, -0.05) is 0 Å². The van der Waals surface area contributed by atoms with Crippen LogP contribution in [0.1, 0.15) is 18.4 Å². The van der Waals surface area contributed by atoms with Crippen molar-refractivity contribution in [1.82, 2.24) is 9.55 Å². The number of alkyl halides is 3. The Labute approximate surface area is 93.5 Å². The van der Waals surface area contributed by atoms with Crippen LogP contribution < -0.4 is 11.2 Å². The molecule has 8 heteroatoms. The van der Waals surface area contributed by atoms with E-state index in [4.69, 9.17) is 5.11 Å². The molecule has 0 amide bonds. The van der Waals surface area contributed by atoms with E-state index in [0.717, 1.165) is 4.57 Å². The first-order valence-electron chi connectivity index (χ1n) is 4.88. The molecule has 0 fully saturated rings. The van der Waals surface area contributed by atoms with Gasteiger partial charge in [-0.05, 0) is 12.8 Å². The van der Waals surface area contributed by atoms with E-state index in [1.54, 1.807) is 4.98 Å². The molecule has 0 atom stereocenters. The lowest BCUT2D eigenvalue weighted by Crippen LogP contribution is -2.34. The molecule has 2 N–H and O–H groups in total. The van der Waals surface area contributed by atoms with E-state index >= 15 is 0 Å². The molecule has 0 saturated heterocycles. The van der Waals surface area contributed by atoms with Gasteiger partial charge >= 0.3 is 11.9 Å². The van der Waals surface area contributed by atoms with Gasteiger partial charge in [-0.25, -0.2) is 4.79 Å². The van der Waals surface area contributed by atoms with Crippen LogP contribution in [-0.2, 0) is 12.7 Å². The molecular formula is C9H11F3N2O3. The zero-order valence-electron chi connectivity index (χ0n) is 8.75. The molecule has 0 unspecified atom stereocenters. The minimum atomic E-state index is -4.79. The number of aromatic amines is 1. The third-order valence-corrected chi connectivity index (χ3v) is 2.12. The van der Waals surface area contributed by atoms with Crippen LogP contribution in [-0.4, -0.2) is 21.3 Å². The van der Waals surface area contributed by atoms with Crippen molar-refractivity contribution in [3.8, 4) is 0 Å². The lowest BCUT2D eigenvalue weighted by molar-refractivity contribution is -0.139. The molecule has 1 aromatic rings. The summed E-state index contributed by atoms with van der Waals surface area (Å²) in [6.45, 7) is -0.0938. The number of aromatic nitrogens is 2. The fourth-order valence-electron chi connectivity index (χ4n) is 1.27.